The van der Waals surface area contributed by atoms with Gasteiger partial charge >= 0.3 is 0 Å². The number of aromatic nitrogens is 2. The summed E-state index contributed by atoms with van der Waals surface area (Å²) in [6.07, 6.45) is 0. The molecule has 0 saturated heterocycles. The number of nitrogens with one attached hydrogen (secondary N) is 1. The Morgan fingerprint density at radius 3 is 2.64 bits per heavy atom. The zero-order valence-corrected chi connectivity index (χ0v) is 17.3. The Balaban J connectivity index is 1.75. The van der Waals surface area contributed by atoms with Gasteiger partial charge in [0.2, 0.25) is 0 Å². The van der Waals surface area contributed by atoms with Crippen molar-refractivity contribution in [3.05, 3.63) is 81.1 Å². The van der Waals surface area contributed by atoms with Gasteiger partial charge in [0.25, 0.3) is 5.91 Å². The molecule has 0 radical (unpaired) electrons. The number of carbonyl (C=O) groups excluding carboxylic acids is 1. The fourth-order valence-corrected chi connectivity index (χ4v) is 3.41. The van der Waals surface area contributed by atoms with E-state index in [0.29, 0.717) is 29.4 Å². The summed E-state index contributed by atoms with van der Waals surface area (Å²) in [6, 6.07) is 13.6. The van der Waals surface area contributed by atoms with Crippen LogP contribution in [0.25, 0.3) is 0 Å². The number of hydrogen-bond donors (Lipinski definition) is 1. The minimum atomic E-state index is -0.139. The van der Waals surface area contributed by atoms with Crippen LogP contribution in [-0.4, -0.2) is 22.8 Å². The van der Waals surface area contributed by atoms with Crippen molar-refractivity contribution in [2.75, 3.05) is 7.11 Å². The molecule has 0 bridgehead atoms. The summed E-state index contributed by atoms with van der Waals surface area (Å²) < 4.78 is 7.17. The first-order valence-corrected chi connectivity index (χ1v) is 9.47. The van der Waals surface area contributed by atoms with Gasteiger partial charge in [-0.1, -0.05) is 41.9 Å². The van der Waals surface area contributed by atoms with Crippen molar-refractivity contribution < 1.29 is 9.53 Å². The highest BCUT2D eigenvalue weighted by atomic mass is 35.5. The number of methoxy groups -OCH3 is 1. The smallest absolute Gasteiger partial charge is 0.255 e. The van der Waals surface area contributed by atoms with Gasteiger partial charge in [-0.15, -0.1) is 0 Å². The molecule has 1 heterocycles. The van der Waals surface area contributed by atoms with Crippen LogP contribution in [0.15, 0.2) is 42.5 Å². The molecule has 146 valence electrons. The van der Waals surface area contributed by atoms with Crippen LogP contribution in [0.1, 0.15) is 38.4 Å². The minimum absolute atomic E-state index is 0.139. The van der Waals surface area contributed by atoms with Crippen molar-refractivity contribution in [3.63, 3.8) is 0 Å². The Hall–Kier alpha value is -2.79. The van der Waals surface area contributed by atoms with Crippen molar-refractivity contribution in [2.45, 2.75) is 33.9 Å². The lowest BCUT2D eigenvalue weighted by Gasteiger charge is -2.10. The summed E-state index contributed by atoms with van der Waals surface area (Å²) in [7, 11) is 1.64. The molecular weight excluding hydrogens is 374 g/mol. The van der Waals surface area contributed by atoms with E-state index in [-0.39, 0.29) is 5.91 Å². The highest BCUT2D eigenvalue weighted by Gasteiger charge is 2.19. The Morgan fingerprint density at radius 1 is 1.18 bits per heavy atom. The van der Waals surface area contributed by atoms with Gasteiger partial charge in [-0.3, -0.25) is 9.48 Å². The second-order valence-electron chi connectivity index (χ2n) is 6.78. The number of ether oxygens (including phenoxy) is 1. The molecule has 1 N–H and O–H groups in total. The number of aryl methyl sites for hydroxylation is 2. The van der Waals surface area contributed by atoms with Gasteiger partial charge in [-0.05, 0) is 49.6 Å². The van der Waals surface area contributed by atoms with Crippen LogP contribution < -0.4 is 10.1 Å². The first-order chi connectivity index (χ1) is 13.4. The molecular formula is C22H24ClN3O2. The third-order valence-corrected chi connectivity index (χ3v) is 5.18. The lowest BCUT2D eigenvalue weighted by molar-refractivity contribution is 0.0949. The molecule has 6 heteroatoms. The van der Waals surface area contributed by atoms with Crippen LogP contribution in [0, 0.1) is 20.8 Å². The maximum Gasteiger partial charge on any atom is 0.255 e. The van der Waals surface area contributed by atoms with Crippen LogP contribution >= 0.6 is 11.6 Å². The molecule has 0 aliphatic heterocycles. The van der Waals surface area contributed by atoms with Gasteiger partial charge < -0.3 is 10.1 Å². The number of nitrogens with zero attached hydrogens (tertiary/aromatic N) is 2. The van der Waals surface area contributed by atoms with Crippen LogP contribution in [0.4, 0.5) is 0 Å². The monoisotopic (exact) mass is 397 g/mol. The van der Waals surface area contributed by atoms with E-state index in [0.717, 1.165) is 28.1 Å². The standard InChI is InChI=1S/C22H24ClN3O2/c1-14-9-10-17(11-20(14)28-4)12-24-22(27)21-15(2)25-26(16(21)3)13-18-7-5-6-8-19(18)23/h5-11H,12-13H2,1-4H3,(H,24,27). The average molecular weight is 398 g/mol. The second kappa shape index (κ2) is 8.48. The van der Waals surface area contributed by atoms with Gasteiger partial charge in [-0.25, -0.2) is 0 Å². The van der Waals surface area contributed by atoms with Gasteiger partial charge in [0.05, 0.1) is 24.9 Å². The Morgan fingerprint density at radius 2 is 1.93 bits per heavy atom. The van der Waals surface area contributed by atoms with Gasteiger partial charge in [0.15, 0.2) is 0 Å². The summed E-state index contributed by atoms with van der Waals surface area (Å²) in [6.45, 7) is 6.68. The zero-order valence-electron chi connectivity index (χ0n) is 16.5. The Bertz CT molecular complexity index is 1010. The maximum absolute atomic E-state index is 12.8. The molecule has 3 rings (SSSR count). The predicted octanol–water partition coefficient (Wildman–Crippen LogP) is 4.45. The van der Waals surface area contributed by atoms with Crippen molar-refractivity contribution in [2.24, 2.45) is 0 Å². The van der Waals surface area contributed by atoms with E-state index in [1.165, 1.54) is 0 Å². The first-order valence-electron chi connectivity index (χ1n) is 9.09. The Labute approximate surface area is 170 Å². The summed E-state index contributed by atoms with van der Waals surface area (Å²) in [5.74, 6) is 0.673. The summed E-state index contributed by atoms with van der Waals surface area (Å²) in [5, 5.41) is 8.21. The maximum atomic E-state index is 12.8. The van der Waals surface area contributed by atoms with Crippen LogP contribution in [0.3, 0.4) is 0 Å². The lowest BCUT2D eigenvalue weighted by atomic mass is 10.1. The number of amides is 1. The molecule has 1 aromatic heterocycles. The van der Waals surface area contributed by atoms with E-state index in [9.17, 15) is 4.79 Å². The SMILES string of the molecule is COc1cc(CNC(=O)c2c(C)nn(Cc3ccccc3Cl)c2C)ccc1C. The van der Waals surface area contributed by atoms with E-state index in [2.05, 4.69) is 10.4 Å². The number of hydrogen-bond acceptors (Lipinski definition) is 3. The topological polar surface area (TPSA) is 56.1 Å². The number of rotatable bonds is 6. The zero-order chi connectivity index (χ0) is 20.3. The molecule has 0 fully saturated rings. The summed E-state index contributed by atoms with van der Waals surface area (Å²) in [5.41, 5.74) is 5.12. The van der Waals surface area contributed by atoms with E-state index in [1.54, 1.807) is 7.11 Å². The van der Waals surface area contributed by atoms with Gasteiger partial charge in [0, 0.05) is 17.3 Å². The summed E-state index contributed by atoms with van der Waals surface area (Å²) in [4.78, 5) is 12.8. The van der Waals surface area contributed by atoms with E-state index in [1.807, 2.05) is 67.9 Å². The highest BCUT2D eigenvalue weighted by molar-refractivity contribution is 6.31. The number of halogens is 1. The van der Waals surface area contributed by atoms with Gasteiger partial charge in [-0.2, -0.15) is 5.10 Å². The molecule has 5 nitrogen and oxygen atoms in total. The molecule has 3 aromatic rings. The van der Waals surface area contributed by atoms with E-state index < -0.39 is 0 Å². The van der Waals surface area contributed by atoms with Crippen LogP contribution in [0.5, 0.6) is 5.75 Å². The molecule has 2 aromatic carbocycles. The molecule has 0 aliphatic carbocycles. The van der Waals surface area contributed by atoms with E-state index >= 15 is 0 Å². The molecule has 0 spiro atoms. The van der Waals surface area contributed by atoms with Crippen LogP contribution in [0.2, 0.25) is 5.02 Å². The minimum Gasteiger partial charge on any atom is -0.496 e. The van der Waals surface area contributed by atoms with Crippen molar-refractivity contribution in [3.8, 4) is 5.75 Å². The molecule has 28 heavy (non-hydrogen) atoms. The second-order valence-corrected chi connectivity index (χ2v) is 7.19. The molecule has 1 amide bonds. The van der Waals surface area contributed by atoms with Crippen LogP contribution in [-0.2, 0) is 13.1 Å². The normalized spacial score (nSPS) is 10.8. The predicted molar refractivity (Wildman–Crippen MR) is 111 cm³/mol. The van der Waals surface area contributed by atoms with Gasteiger partial charge in [0.1, 0.15) is 5.75 Å². The fraction of sp³-hybridized carbons (Fsp3) is 0.273. The average Bonchev–Trinajstić information content (AvgIpc) is 2.96. The molecule has 0 aliphatic rings. The third kappa shape index (κ3) is 4.20. The fourth-order valence-electron chi connectivity index (χ4n) is 3.21. The first kappa shape index (κ1) is 20.0. The van der Waals surface area contributed by atoms with E-state index in [4.69, 9.17) is 16.3 Å². The van der Waals surface area contributed by atoms with Crippen molar-refractivity contribution in [1.29, 1.82) is 0 Å². The van der Waals surface area contributed by atoms with Crippen molar-refractivity contribution >= 4 is 17.5 Å². The van der Waals surface area contributed by atoms with Crippen molar-refractivity contribution in [1.82, 2.24) is 15.1 Å². The molecule has 0 atom stereocenters. The molecule has 0 saturated carbocycles. The number of carbonyl (C=O) groups is 1. The summed E-state index contributed by atoms with van der Waals surface area (Å²) >= 11 is 6.26. The number of benzene rings is 2. The lowest BCUT2D eigenvalue weighted by Crippen LogP contribution is -2.24. The molecule has 0 unspecified atom stereocenters. The third-order valence-electron chi connectivity index (χ3n) is 4.81. The largest absolute Gasteiger partial charge is 0.496 e. The highest BCUT2D eigenvalue weighted by Crippen LogP contribution is 2.21. The Kier molecular flexibility index (Phi) is 6.05. The quantitative estimate of drug-likeness (QED) is 0.668.